The van der Waals surface area contributed by atoms with Crippen LogP contribution in [0.1, 0.15) is 23.1 Å². The molecule has 0 bridgehead atoms. The SMILES string of the molecule is Cc1cc(CN2CCSCC2)ccc1NC(=O)CCc1cccc(Cl)c1Cl. The fraction of sp³-hybridized carbons (Fsp3) is 0.381. The van der Waals surface area contributed by atoms with Crippen molar-refractivity contribution in [3.63, 3.8) is 0 Å². The smallest absolute Gasteiger partial charge is 0.224 e. The monoisotopic (exact) mass is 422 g/mol. The second kappa shape index (κ2) is 9.83. The number of nitrogens with one attached hydrogen (secondary N) is 1. The average Bonchev–Trinajstić information content (AvgIpc) is 2.66. The van der Waals surface area contributed by atoms with Crippen LogP contribution in [0.5, 0.6) is 0 Å². The van der Waals surface area contributed by atoms with E-state index >= 15 is 0 Å². The molecule has 1 heterocycles. The van der Waals surface area contributed by atoms with Gasteiger partial charge in [-0.25, -0.2) is 0 Å². The Morgan fingerprint density at radius 1 is 1.19 bits per heavy atom. The number of amides is 1. The van der Waals surface area contributed by atoms with Gasteiger partial charge in [0.15, 0.2) is 0 Å². The molecule has 0 aliphatic carbocycles. The zero-order chi connectivity index (χ0) is 19.2. The van der Waals surface area contributed by atoms with Crippen molar-refractivity contribution in [3.05, 3.63) is 63.1 Å². The molecule has 3 nitrogen and oxygen atoms in total. The van der Waals surface area contributed by atoms with Crippen molar-refractivity contribution >= 4 is 46.6 Å². The van der Waals surface area contributed by atoms with E-state index in [1.54, 1.807) is 6.07 Å². The largest absolute Gasteiger partial charge is 0.326 e. The number of thioether (sulfide) groups is 1. The molecule has 0 unspecified atom stereocenters. The van der Waals surface area contributed by atoms with Gasteiger partial charge in [0.2, 0.25) is 5.91 Å². The van der Waals surface area contributed by atoms with Gasteiger partial charge in [0.1, 0.15) is 0 Å². The lowest BCUT2D eigenvalue weighted by atomic mass is 10.1. The number of anilines is 1. The lowest BCUT2D eigenvalue weighted by Crippen LogP contribution is -2.31. The maximum atomic E-state index is 12.3. The first-order chi connectivity index (χ1) is 13.0. The fourth-order valence-electron chi connectivity index (χ4n) is 3.18. The maximum absolute atomic E-state index is 12.3. The van der Waals surface area contributed by atoms with E-state index in [2.05, 4.69) is 22.3 Å². The fourth-order valence-corrected chi connectivity index (χ4v) is 4.58. The topological polar surface area (TPSA) is 32.3 Å². The quantitative estimate of drug-likeness (QED) is 0.673. The van der Waals surface area contributed by atoms with Gasteiger partial charge in [-0.2, -0.15) is 11.8 Å². The van der Waals surface area contributed by atoms with E-state index in [1.165, 1.54) is 17.1 Å². The van der Waals surface area contributed by atoms with Crippen LogP contribution in [0.15, 0.2) is 36.4 Å². The van der Waals surface area contributed by atoms with Crippen LogP contribution in [0.2, 0.25) is 10.0 Å². The van der Waals surface area contributed by atoms with Crippen LogP contribution in [0.3, 0.4) is 0 Å². The zero-order valence-corrected chi connectivity index (χ0v) is 17.8. The number of hydrogen-bond donors (Lipinski definition) is 1. The van der Waals surface area contributed by atoms with Crippen molar-refractivity contribution in [1.29, 1.82) is 0 Å². The first-order valence-corrected chi connectivity index (χ1v) is 11.1. The van der Waals surface area contributed by atoms with Crippen molar-refractivity contribution in [1.82, 2.24) is 4.90 Å². The average molecular weight is 423 g/mol. The van der Waals surface area contributed by atoms with Crippen molar-refractivity contribution in [3.8, 4) is 0 Å². The molecule has 144 valence electrons. The highest BCUT2D eigenvalue weighted by Crippen LogP contribution is 2.26. The van der Waals surface area contributed by atoms with Gasteiger partial charge in [0, 0.05) is 43.2 Å². The van der Waals surface area contributed by atoms with E-state index in [0.29, 0.717) is 22.9 Å². The van der Waals surface area contributed by atoms with E-state index in [1.807, 2.05) is 36.9 Å². The Hall–Kier alpha value is -1.20. The molecule has 0 aromatic heterocycles. The van der Waals surface area contributed by atoms with Crippen molar-refractivity contribution in [2.24, 2.45) is 0 Å². The first-order valence-electron chi connectivity index (χ1n) is 9.15. The van der Waals surface area contributed by atoms with E-state index in [4.69, 9.17) is 23.2 Å². The number of halogens is 2. The third-order valence-corrected chi connectivity index (χ3v) is 6.53. The van der Waals surface area contributed by atoms with E-state index in [0.717, 1.165) is 36.4 Å². The highest BCUT2D eigenvalue weighted by Gasteiger charge is 2.12. The summed E-state index contributed by atoms with van der Waals surface area (Å²) in [5, 5.41) is 4.07. The summed E-state index contributed by atoms with van der Waals surface area (Å²) in [4.78, 5) is 14.8. The molecular weight excluding hydrogens is 399 g/mol. The van der Waals surface area contributed by atoms with Gasteiger partial charge in [-0.3, -0.25) is 9.69 Å². The molecule has 6 heteroatoms. The molecule has 2 aromatic rings. The van der Waals surface area contributed by atoms with Crippen LogP contribution < -0.4 is 5.32 Å². The molecule has 1 aliphatic heterocycles. The highest BCUT2D eigenvalue weighted by molar-refractivity contribution is 7.99. The molecule has 1 saturated heterocycles. The number of aryl methyl sites for hydroxylation is 2. The van der Waals surface area contributed by atoms with Gasteiger partial charge in [0.25, 0.3) is 0 Å². The summed E-state index contributed by atoms with van der Waals surface area (Å²) in [7, 11) is 0. The maximum Gasteiger partial charge on any atom is 0.224 e. The molecule has 2 aromatic carbocycles. The van der Waals surface area contributed by atoms with Crippen molar-refractivity contribution < 1.29 is 4.79 Å². The van der Waals surface area contributed by atoms with E-state index in [-0.39, 0.29) is 5.91 Å². The van der Waals surface area contributed by atoms with Gasteiger partial charge >= 0.3 is 0 Å². The summed E-state index contributed by atoms with van der Waals surface area (Å²) in [6, 6.07) is 11.8. The Morgan fingerprint density at radius 2 is 1.96 bits per heavy atom. The minimum Gasteiger partial charge on any atom is -0.326 e. The summed E-state index contributed by atoms with van der Waals surface area (Å²) in [6.07, 6.45) is 0.933. The number of carbonyl (C=O) groups is 1. The minimum atomic E-state index is -0.0186. The predicted molar refractivity (Wildman–Crippen MR) is 117 cm³/mol. The predicted octanol–water partition coefficient (Wildman–Crippen LogP) is 5.42. The first kappa shape index (κ1) is 20.5. The molecule has 0 saturated carbocycles. The number of rotatable bonds is 6. The third kappa shape index (κ3) is 5.89. The number of carbonyl (C=O) groups excluding carboxylic acids is 1. The molecule has 1 N–H and O–H groups in total. The second-order valence-corrected chi connectivity index (χ2v) is 8.81. The number of nitrogens with zero attached hydrogens (tertiary/aromatic N) is 1. The normalized spacial score (nSPS) is 14.9. The Labute approximate surface area is 175 Å². The van der Waals surface area contributed by atoms with Crippen molar-refractivity contribution in [2.45, 2.75) is 26.3 Å². The van der Waals surface area contributed by atoms with Crippen LogP contribution in [-0.2, 0) is 17.8 Å². The van der Waals surface area contributed by atoms with Gasteiger partial charge in [-0.15, -0.1) is 0 Å². The van der Waals surface area contributed by atoms with Gasteiger partial charge in [-0.1, -0.05) is 47.5 Å². The van der Waals surface area contributed by atoms with Crippen LogP contribution in [-0.4, -0.2) is 35.4 Å². The summed E-state index contributed by atoms with van der Waals surface area (Å²) < 4.78 is 0. The summed E-state index contributed by atoms with van der Waals surface area (Å²) >= 11 is 14.2. The molecular formula is C21H24Cl2N2OS. The Kier molecular flexibility index (Phi) is 7.48. The molecule has 0 radical (unpaired) electrons. The molecule has 3 rings (SSSR count). The highest BCUT2D eigenvalue weighted by atomic mass is 35.5. The van der Waals surface area contributed by atoms with E-state index < -0.39 is 0 Å². The van der Waals surface area contributed by atoms with E-state index in [9.17, 15) is 4.79 Å². The molecule has 1 aliphatic rings. The van der Waals surface area contributed by atoms with Crippen LogP contribution in [0.25, 0.3) is 0 Å². The molecule has 27 heavy (non-hydrogen) atoms. The standard InChI is InChI=1S/C21H24Cl2N2OS/c1-15-13-16(14-25-9-11-27-12-10-25)5-7-19(15)24-20(26)8-6-17-3-2-4-18(22)21(17)23/h2-5,7,13H,6,8-12,14H2,1H3,(H,24,26). The number of hydrogen-bond acceptors (Lipinski definition) is 3. The Morgan fingerprint density at radius 3 is 2.70 bits per heavy atom. The summed E-state index contributed by atoms with van der Waals surface area (Å²) in [5.41, 5.74) is 4.15. The number of benzene rings is 2. The molecule has 1 amide bonds. The van der Waals surface area contributed by atoms with Crippen molar-refractivity contribution in [2.75, 3.05) is 29.9 Å². The zero-order valence-electron chi connectivity index (χ0n) is 15.4. The molecule has 0 atom stereocenters. The van der Waals surface area contributed by atoms with Crippen LogP contribution in [0.4, 0.5) is 5.69 Å². The third-order valence-electron chi connectivity index (χ3n) is 4.73. The Balaban J connectivity index is 1.55. The second-order valence-electron chi connectivity index (χ2n) is 6.80. The Bertz CT molecular complexity index is 807. The van der Waals surface area contributed by atoms with Gasteiger partial charge in [0.05, 0.1) is 10.0 Å². The lowest BCUT2D eigenvalue weighted by molar-refractivity contribution is -0.116. The molecule has 0 spiro atoms. The minimum absolute atomic E-state index is 0.0186. The summed E-state index contributed by atoms with van der Waals surface area (Å²) in [5.74, 6) is 2.41. The lowest BCUT2D eigenvalue weighted by Gasteiger charge is -2.26. The van der Waals surface area contributed by atoms with Crippen LogP contribution >= 0.6 is 35.0 Å². The van der Waals surface area contributed by atoms with Crippen LogP contribution in [0, 0.1) is 6.92 Å². The summed E-state index contributed by atoms with van der Waals surface area (Å²) in [6.45, 7) is 5.31. The molecule has 1 fully saturated rings. The van der Waals surface area contributed by atoms with Gasteiger partial charge in [-0.05, 0) is 42.2 Å². The van der Waals surface area contributed by atoms with Gasteiger partial charge < -0.3 is 5.32 Å².